The zero-order valence-corrected chi connectivity index (χ0v) is 10.7. The maximum Gasteiger partial charge on any atom is 0.319 e. The lowest BCUT2D eigenvalue weighted by atomic mass is 10.1. The van der Waals surface area contributed by atoms with Crippen LogP contribution in [-0.4, -0.2) is 32.9 Å². The van der Waals surface area contributed by atoms with Crippen LogP contribution in [0.2, 0.25) is 0 Å². The topological polar surface area (TPSA) is 96.3 Å². The SMILES string of the molecule is CCC(CC(=O)O)NC(=O)Nc1cn(C)nc1C. The summed E-state index contributed by atoms with van der Waals surface area (Å²) in [6.45, 7) is 3.60. The molecule has 1 rings (SSSR count). The van der Waals surface area contributed by atoms with Crippen LogP contribution >= 0.6 is 0 Å². The number of aliphatic carboxylic acids is 1. The number of amides is 2. The Hall–Kier alpha value is -2.05. The average Bonchev–Trinajstić information content (AvgIpc) is 2.55. The highest BCUT2D eigenvalue weighted by molar-refractivity contribution is 5.90. The number of hydrogen-bond donors (Lipinski definition) is 3. The van der Waals surface area contributed by atoms with Gasteiger partial charge in [0.2, 0.25) is 0 Å². The van der Waals surface area contributed by atoms with Crippen molar-refractivity contribution in [3.8, 4) is 0 Å². The van der Waals surface area contributed by atoms with E-state index in [1.165, 1.54) is 0 Å². The number of carbonyl (C=O) groups is 2. The van der Waals surface area contributed by atoms with Crippen LogP contribution in [0, 0.1) is 6.92 Å². The van der Waals surface area contributed by atoms with Crippen LogP contribution in [0.4, 0.5) is 10.5 Å². The summed E-state index contributed by atoms with van der Waals surface area (Å²) in [7, 11) is 1.76. The molecule has 100 valence electrons. The number of rotatable bonds is 5. The molecule has 1 aromatic heterocycles. The first-order valence-corrected chi connectivity index (χ1v) is 5.72. The van der Waals surface area contributed by atoms with Gasteiger partial charge >= 0.3 is 12.0 Å². The van der Waals surface area contributed by atoms with Crippen LogP contribution in [0.25, 0.3) is 0 Å². The normalized spacial score (nSPS) is 11.9. The molecule has 0 aliphatic carbocycles. The zero-order chi connectivity index (χ0) is 13.7. The summed E-state index contributed by atoms with van der Waals surface area (Å²) < 4.78 is 1.60. The Balaban J connectivity index is 2.55. The number of carboxylic acid groups (broad SMARTS) is 1. The quantitative estimate of drug-likeness (QED) is 0.733. The second kappa shape index (κ2) is 6.04. The molecule has 0 bridgehead atoms. The van der Waals surface area contributed by atoms with Gasteiger partial charge < -0.3 is 15.7 Å². The molecule has 3 N–H and O–H groups in total. The Morgan fingerprint density at radius 2 is 2.22 bits per heavy atom. The highest BCUT2D eigenvalue weighted by Crippen LogP contribution is 2.11. The molecule has 2 amide bonds. The predicted molar refractivity (Wildman–Crippen MR) is 66.4 cm³/mol. The second-order valence-electron chi connectivity index (χ2n) is 4.10. The van der Waals surface area contributed by atoms with Gasteiger partial charge in [0.1, 0.15) is 0 Å². The third-order valence-electron chi connectivity index (χ3n) is 2.51. The van der Waals surface area contributed by atoms with Crippen LogP contribution in [0.15, 0.2) is 6.20 Å². The van der Waals surface area contributed by atoms with Crippen molar-refractivity contribution in [2.24, 2.45) is 7.05 Å². The molecule has 0 saturated heterocycles. The van der Waals surface area contributed by atoms with Crippen molar-refractivity contribution in [2.75, 3.05) is 5.32 Å². The fourth-order valence-corrected chi connectivity index (χ4v) is 1.57. The van der Waals surface area contributed by atoms with E-state index in [2.05, 4.69) is 15.7 Å². The van der Waals surface area contributed by atoms with Crippen molar-refractivity contribution < 1.29 is 14.7 Å². The number of hydrogen-bond acceptors (Lipinski definition) is 3. The van der Waals surface area contributed by atoms with E-state index in [0.717, 1.165) is 0 Å². The van der Waals surface area contributed by atoms with Gasteiger partial charge in [-0.05, 0) is 13.3 Å². The van der Waals surface area contributed by atoms with Gasteiger partial charge in [-0.2, -0.15) is 5.10 Å². The predicted octanol–water partition coefficient (Wildman–Crippen LogP) is 1.10. The lowest BCUT2D eigenvalue weighted by molar-refractivity contribution is -0.137. The molecule has 0 saturated carbocycles. The lowest BCUT2D eigenvalue weighted by Crippen LogP contribution is -2.38. The maximum absolute atomic E-state index is 11.7. The number of aryl methyl sites for hydroxylation is 2. The largest absolute Gasteiger partial charge is 0.481 e. The van der Waals surface area contributed by atoms with E-state index in [1.54, 1.807) is 24.9 Å². The van der Waals surface area contributed by atoms with Crippen LogP contribution < -0.4 is 10.6 Å². The number of anilines is 1. The van der Waals surface area contributed by atoms with Gasteiger partial charge in [0.05, 0.1) is 17.8 Å². The summed E-state index contributed by atoms with van der Waals surface area (Å²) in [6, 6.07) is -0.793. The van der Waals surface area contributed by atoms with Crippen molar-refractivity contribution >= 4 is 17.7 Å². The van der Waals surface area contributed by atoms with Crippen molar-refractivity contribution in [1.82, 2.24) is 15.1 Å². The number of aromatic nitrogens is 2. The molecule has 7 nitrogen and oxygen atoms in total. The van der Waals surface area contributed by atoms with Crippen molar-refractivity contribution in [1.29, 1.82) is 0 Å². The van der Waals surface area contributed by atoms with Gasteiger partial charge in [0, 0.05) is 19.3 Å². The molecule has 18 heavy (non-hydrogen) atoms. The van der Waals surface area contributed by atoms with Gasteiger partial charge in [-0.1, -0.05) is 6.92 Å². The van der Waals surface area contributed by atoms with Gasteiger partial charge in [-0.15, -0.1) is 0 Å². The molecular formula is C11H18N4O3. The molecule has 1 unspecified atom stereocenters. The highest BCUT2D eigenvalue weighted by atomic mass is 16.4. The first kappa shape index (κ1) is 14.0. The minimum atomic E-state index is -0.931. The molecule has 0 radical (unpaired) electrons. The standard InChI is InChI=1S/C11H18N4O3/c1-4-8(5-10(16)17)12-11(18)13-9-6-15(3)14-7(9)2/h6,8H,4-5H2,1-3H3,(H,16,17)(H2,12,13,18). The minimum absolute atomic E-state index is 0.0874. The molecular weight excluding hydrogens is 236 g/mol. The summed E-state index contributed by atoms with van der Waals surface area (Å²) >= 11 is 0. The number of urea groups is 1. The Morgan fingerprint density at radius 1 is 1.56 bits per heavy atom. The van der Waals surface area contributed by atoms with Crippen molar-refractivity contribution in [3.05, 3.63) is 11.9 Å². The molecule has 0 spiro atoms. The summed E-state index contributed by atoms with van der Waals surface area (Å²) in [5.41, 5.74) is 1.32. The number of nitrogens with zero attached hydrogens (tertiary/aromatic N) is 2. The maximum atomic E-state index is 11.7. The van der Waals surface area contributed by atoms with Crippen molar-refractivity contribution in [3.63, 3.8) is 0 Å². The monoisotopic (exact) mass is 254 g/mol. The van der Waals surface area contributed by atoms with E-state index in [1.807, 2.05) is 6.92 Å². The van der Waals surface area contributed by atoms with Gasteiger partial charge in [-0.3, -0.25) is 9.48 Å². The molecule has 7 heteroatoms. The van der Waals surface area contributed by atoms with E-state index in [-0.39, 0.29) is 12.5 Å². The second-order valence-corrected chi connectivity index (χ2v) is 4.10. The fraction of sp³-hybridized carbons (Fsp3) is 0.545. The summed E-state index contributed by atoms with van der Waals surface area (Å²) in [4.78, 5) is 22.3. The first-order valence-electron chi connectivity index (χ1n) is 5.72. The molecule has 0 aromatic carbocycles. The first-order chi connectivity index (χ1) is 8.42. The molecule has 0 aliphatic rings. The van der Waals surface area contributed by atoms with E-state index in [0.29, 0.717) is 17.8 Å². The Morgan fingerprint density at radius 3 is 2.67 bits per heavy atom. The van der Waals surface area contributed by atoms with E-state index in [9.17, 15) is 9.59 Å². The van der Waals surface area contributed by atoms with Gasteiger partial charge in [-0.25, -0.2) is 4.79 Å². The number of carboxylic acids is 1. The number of carbonyl (C=O) groups excluding carboxylic acids is 1. The van der Waals surface area contributed by atoms with E-state index in [4.69, 9.17) is 5.11 Å². The number of nitrogens with one attached hydrogen (secondary N) is 2. The Bertz CT molecular complexity index is 441. The fourth-order valence-electron chi connectivity index (χ4n) is 1.57. The van der Waals surface area contributed by atoms with Crippen molar-refractivity contribution in [2.45, 2.75) is 32.7 Å². The lowest BCUT2D eigenvalue weighted by Gasteiger charge is -2.15. The summed E-state index contributed by atoms with van der Waals surface area (Å²) in [6.07, 6.45) is 2.16. The third kappa shape index (κ3) is 4.08. The smallest absolute Gasteiger partial charge is 0.319 e. The van der Waals surface area contributed by atoms with Crippen LogP contribution in [-0.2, 0) is 11.8 Å². The Labute approximate surface area is 105 Å². The molecule has 1 heterocycles. The van der Waals surface area contributed by atoms with Crippen LogP contribution in [0.3, 0.4) is 0 Å². The van der Waals surface area contributed by atoms with Gasteiger partial charge in [0.15, 0.2) is 0 Å². The zero-order valence-electron chi connectivity index (χ0n) is 10.7. The van der Waals surface area contributed by atoms with Crippen LogP contribution in [0.1, 0.15) is 25.5 Å². The summed E-state index contributed by atoms with van der Waals surface area (Å²) in [5, 5.41) is 18.0. The minimum Gasteiger partial charge on any atom is -0.481 e. The average molecular weight is 254 g/mol. The molecule has 1 aromatic rings. The highest BCUT2D eigenvalue weighted by Gasteiger charge is 2.15. The Kier molecular flexibility index (Phi) is 4.70. The third-order valence-corrected chi connectivity index (χ3v) is 2.51. The van der Waals surface area contributed by atoms with E-state index < -0.39 is 12.0 Å². The van der Waals surface area contributed by atoms with Gasteiger partial charge in [0.25, 0.3) is 0 Å². The molecule has 0 aliphatic heterocycles. The van der Waals surface area contributed by atoms with Crippen LogP contribution in [0.5, 0.6) is 0 Å². The molecule has 1 atom stereocenters. The molecule has 0 fully saturated rings. The summed E-state index contributed by atoms with van der Waals surface area (Å²) in [5.74, 6) is -0.931. The van der Waals surface area contributed by atoms with E-state index >= 15 is 0 Å².